The van der Waals surface area contributed by atoms with Gasteiger partial charge in [0.2, 0.25) is 0 Å². The highest BCUT2D eigenvalue weighted by molar-refractivity contribution is 6.36. The minimum atomic E-state index is -0.252. The molecule has 3 fully saturated rings. The van der Waals surface area contributed by atoms with Gasteiger partial charge in [-0.1, -0.05) is 42.8 Å². The van der Waals surface area contributed by atoms with E-state index in [9.17, 15) is 9.18 Å². The Labute approximate surface area is 188 Å². The Bertz CT molecular complexity index is 883. The molecule has 1 aromatic rings. The average Bonchev–Trinajstić information content (AvgIpc) is 3.07. The summed E-state index contributed by atoms with van der Waals surface area (Å²) in [6, 6.07) is 4.64. The maximum Gasteiger partial charge on any atom is 0.321 e. The summed E-state index contributed by atoms with van der Waals surface area (Å²) < 4.78 is 13.8. The summed E-state index contributed by atoms with van der Waals surface area (Å²) in [5, 5.41) is 4.03. The number of urea groups is 1. The average molecular weight is 452 g/mol. The van der Waals surface area contributed by atoms with Crippen LogP contribution in [0.1, 0.15) is 32.3 Å². The molecule has 4 rings (SSSR count). The van der Waals surface area contributed by atoms with Gasteiger partial charge in [0.05, 0.1) is 15.8 Å². The highest BCUT2D eigenvalue weighted by Gasteiger charge is 2.38. The van der Waals surface area contributed by atoms with Gasteiger partial charge in [-0.15, -0.1) is 0 Å². The molecule has 3 saturated heterocycles. The van der Waals surface area contributed by atoms with Gasteiger partial charge >= 0.3 is 6.03 Å². The molecule has 2 atom stereocenters. The van der Waals surface area contributed by atoms with E-state index in [0.717, 1.165) is 25.1 Å². The van der Waals surface area contributed by atoms with Crippen molar-refractivity contribution in [2.45, 2.75) is 39.2 Å². The molecule has 2 unspecified atom stereocenters. The van der Waals surface area contributed by atoms with E-state index in [1.807, 2.05) is 24.8 Å². The summed E-state index contributed by atoms with van der Waals surface area (Å²) in [6.45, 7) is 9.57. The topological polar surface area (TPSA) is 35.6 Å². The van der Waals surface area contributed by atoms with Crippen molar-refractivity contribution < 1.29 is 9.18 Å². The lowest BCUT2D eigenvalue weighted by atomic mass is 9.94. The van der Waals surface area contributed by atoms with Crippen LogP contribution in [0, 0.1) is 11.7 Å². The van der Waals surface area contributed by atoms with Gasteiger partial charge in [-0.05, 0) is 61.9 Å². The zero-order valence-electron chi connectivity index (χ0n) is 17.4. The van der Waals surface area contributed by atoms with Gasteiger partial charge < -0.3 is 15.1 Å². The number of nitrogens with zero attached hydrogens (tertiary/aromatic N) is 2. The number of anilines is 1. The van der Waals surface area contributed by atoms with Crippen LogP contribution in [0.25, 0.3) is 0 Å². The molecular formula is C23H28Cl2FN3O. The number of allylic oxidation sites excluding steroid dienone is 4. The summed E-state index contributed by atoms with van der Waals surface area (Å²) in [4.78, 5) is 17.1. The molecule has 2 amide bonds. The molecule has 2 bridgehead atoms. The van der Waals surface area contributed by atoms with Crippen LogP contribution in [0.2, 0.25) is 0 Å². The predicted octanol–water partition coefficient (Wildman–Crippen LogP) is 6.10. The quantitative estimate of drug-likeness (QED) is 0.549. The molecule has 3 aliphatic heterocycles. The van der Waals surface area contributed by atoms with Crippen LogP contribution < -0.4 is 5.32 Å². The number of halogens is 3. The van der Waals surface area contributed by atoms with Crippen molar-refractivity contribution in [2.75, 3.05) is 25.0 Å². The molecule has 0 aromatic heterocycles. The third-order valence-corrected chi connectivity index (χ3v) is 6.58. The molecule has 1 N–H and O–H groups in total. The number of rotatable bonds is 5. The molecule has 0 saturated carbocycles. The second-order valence-corrected chi connectivity index (χ2v) is 8.60. The van der Waals surface area contributed by atoms with Gasteiger partial charge in [0.25, 0.3) is 0 Å². The first kappa shape index (κ1) is 22.7. The van der Waals surface area contributed by atoms with E-state index in [0.29, 0.717) is 46.7 Å². The Hall–Kier alpha value is -1.98. The van der Waals surface area contributed by atoms with Crippen molar-refractivity contribution in [1.29, 1.82) is 0 Å². The van der Waals surface area contributed by atoms with E-state index in [1.54, 1.807) is 18.2 Å². The molecule has 30 heavy (non-hydrogen) atoms. The number of carbonyl (C=O) groups excluding carboxylic acids is 1. The molecule has 0 radical (unpaired) electrons. The normalized spacial score (nSPS) is 22.5. The van der Waals surface area contributed by atoms with Crippen molar-refractivity contribution >= 4 is 34.9 Å². The lowest BCUT2D eigenvalue weighted by molar-refractivity contribution is 0.177. The maximum absolute atomic E-state index is 13.8. The van der Waals surface area contributed by atoms with E-state index in [1.165, 1.54) is 6.07 Å². The number of piperidine rings is 1. The fourth-order valence-electron chi connectivity index (χ4n) is 4.27. The van der Waals surface area contributed by atoms with E-state index >= 15 is 0 Å². The van der Waals surface area contributed by atoms with Crippen molar-refractivity contribution in [3.05, 3.63) is 64.1 Å². The summed E-state index contributed by atoms with van der Waals surface area (Å²) in [6.07, 6.45) is 6.01. The third-order valence-electron chi connectivity index (χ3n) is 5.85. The van der Waals surface area contributed by atoms with Crippen LogP contribution in [-0.2, 0) is 6.42 Å². The SMILES string of the molecule is C=C/C(Cl)=C(\C(Cl)=C/C)N1CC2CCC1CN(C(=O)Nc1ccc(F)c(CC)c1)C2. The minimum absolute atomic E-state index is 0.117. The molecule has 162 valence electrons. The number of benzene rings is 1. The fraction of sp³-hybridized carbons (Fsp3) is 0.435. The zero-order chi connectivity index (χ0) is 21.8. The molecular weight excluding hydrogens is 424 g/mol. The largest absolute Gasteiger partial charge is 0.364 e. The van der Waals surface area contributed by atoms with Crippen LogP contribution >= 0.6 is 23.2 Å². The lowest BCUT2D eigenvalue weighted by Crippen LogP contribution is -2.44. The Morgan fingerprint density at radius 2 is 2.07 bits per heavy atom. The van der Waals surface area contributed by atoms with Crippen LogP contribution in [-0.4, -0.2) is 41.5 Å². The molecule has 1 aromatic carbocycles. The first-order valence-corrected chi connectivity index (χ1v) is 11.1. The van der Waals surface area contributed by atoms with Crippen molar-refractivity contribution in [3.63, 3.8) is 0 Å². The second kappa shape index (κ2) is 9.88. The van der Waals surface area contributed by atoms with Crippen LogP contribution in [0.3, 0.4) is 0 Å². The number of nitrogens with one attached hydrogen (secondary N) is 1. The second-order valence-electron chi connectivity index (χ2n) is 7.78. The van der Waals surface area contributed by atoms with Crippen molar-refractivity contribution in [1.82, 2.24) is 9.80 Å². The van der Waals surface area contributed by atoms with Gasteiger partial charge in [0.1, 0.15) is 5.82 Å². The number of amides is 2. The summed E-state index contributed by atoms with van der Waals surface area (Å²) in [5.74, 6) is 0.0674. The van der Waals surface area contributed by atoms with Gasteiger partial charge in [-0.25, -0.2) is 9.18 Å². The number of fused-ring (bicyclic) bond motifs is 4. The minimum Gasteiger partial charge on any atom is -0.364 e. The van der Waals surface area contributed by atoms with Crippen LogP contribution in [0.5, 0.6) is 0 Å². The highest BCUT2D eigenvalue weighted by atomic mass is 35.5. The zero-order valence-corrected chi connectivity index (χ0v) is 18.9. The van der Waals surface area contributed by atoms with Crippen LogP contribution in [0.4, 0.5) is 14.9 Å². The number of hydrogen-bond donors (Lipinski definition) is 1. The molecule has 4 nitrogen and oxygen atoms in total. The third kappa shape index (κ3) is 4.84. The van der Waals surface area contributed by atoms with Gasteiger partial charge in [-0.2, -0.15) is 0 Å². The number of carbonyl (C=O) groups is 1. The summed E-state index contributed by atoms with van der Waals surface area (Å²) in [5.41, 5.74) is 1.97. The Morgan fingerprint density at radius 1 is 1.30 bits per heavy atom. The summed E-state index contributed by atoms with van der Waals surface area (Å²) >= 11 is 12.9. The molecule has 0 spiro atoms. The number of aryl methyl sites for hydroxylation is 1. The molecule has 3 heterocycles. The fourth-order valence-corrected chi connectivity index (χ4v) is 4.74. The van der Waals surface area contributed by atoms with Crippen LogP contribution in [0.15, 0.2) is 52.7 Å². The Balaban J connectivity index is 1.80. The lowest BCUT2D eigenvalue weighted by Gasteiger charge is -2.39. The Kier molecular flexibility index (Phi) is 7.48. The number of hydrogen-bond acceptors (Lipinski definition) is 2. The van der Waals surface area contributed by atoms with E-state index < -0.39 is 0 Å². The van der Waals surface area contributed by atoms with E-state index in [-0.39, 0.29) is 17.9 Å². The maximum atomic E-state index is 13.8. The van der Waals surface area contributed by atoms with Gasteiger partial charge in [-0.3, -0.25) is 0 Å². The highest BCUT2D eigenvalue weighted by Crippen LogP contribution is 2.36. The molecule has 7 heteroatoms. The molecule has 0 aliphatic carbocycles. The molecule has 3 aliphatic rings. The van der Waals surface area contributed by atoms with E-state index in [4.69, 9.17) is 23.2 Å². The van der Waals surface area contributed by atoms with Crippen molar-refractivity contribution in [3.8, 4) is 0 Å². The summed E-state index contributed by atoms with van der Waals surface area (Å²) in [7, 11) is 0. The first-order chi connectivity index (χ1) is 14.4. The van der Waals surface area contributed by atoms with Crippen molar-refractivity contribution in [2.24, 2.45) is 5.92 Å². The smallest absolute Gasteiger partial charge is 0.321 e. The predicted molar refractivity (Wildman–Crippen MR) is 122 cm³/mol. The monoisotopic (exact) mass is 451 g/mol. The van der Waals surface area contributed by atoms with Gasteiger partial charge in [0.15, 0.2) is 0 Å². The first-order valence-electron chi connectivity index (χ1n) is 10.3. The van der Waals surface area contributed by atoms with E-state index in [2.05, 4.69) is 16.8 Å². The Morgan fingerprint density at radius 3 is 2.73 bits per heavy atom. The standard InChI is InChI=1S/C23H28Cl2FN3O/c1-4-16-11-17(8-10-21(16)26)27-23(30)28-12-15-7-9-18(14-28)29(13-15)22(19(24)5-2)20(25)6-3/h5-6,8,10-11,15,18H,2,4,7,9,12-14H2,1,3H3,(H,27,30)/b20-6+,22-19-. The van der Waals surface area contributed by atoms with Gasteiger partial charge in [0, 0.05) is 31.4 Å².